The van der Waals surface area contributed by atoms with Crippen LogP contribution in [0.25, 0.3) is 0 Å². The number of carbonyl (C=O) groups is 1. The van der Waals surface area contributed by atoms with Gasteiger partial charge >= 0.3 is 0 Å². The van der Waals surface area contributed by atoms with Crippen LogP contribution in [-0.2, 0) is 11.3 Å². The van der Waals surface area contributed by atoms with Crippen molar-refractivity contribution in [1.82, 2.24) is 15.5 Å². The third-order valence-electron chi connectivity index (χ3n) is 4.17. The van der Waals surface area contributed by atoms with Gasteiger partial charge in [0.05, 0.1) is 19.7 Å². The van der Waals surface area contributed by atoms with Gasteiger partial charge in [-0.25, -0.2) is 4.99 Å². The average molecular weight is 474 g/mol. The summed E-state index contributed by atoms with van der Waals surface area (Å²) in [7, 11) is 0. The van der Waals surface area contributed by atoms with E-state index in [1.54, 1.807) is 0 Å². The highest BCUT2D eigenvalue weighted by Gasteiger charge is 2.17. The number of amides is 1. The van der Waals surface area contributed by atoms with Gasteiger partial charge in [-0.15, -0.1) is 24.0 Å². The molecule has 0 aliphatic carbocycles. The van der Waals surface area contributed by atoms with Gasteiger partial charge in [-0.3, -0.25) is 4.79 Å². The lowest BCUT2D eigenvalue weighted by molar-refractivity contribution is -0.128. The fourth-order valence-electron chi connectivity index (χ4n) is 2.88. The van der Waals surface area contributed by atoms with Gasteiger partial charge in [0.25, 0.3) is 0 Å². The Morgan fingerprint density at radius 2 is 1.96 bits per heavy atom. The van der Waals surface area contributed by atoms with E-state index in [1.807, 2.05) is 37.8 Å². The molecule has 1 aromatic carbocycles. The van der Waals surface area contributed by atoms with Crippen LogP contribution in [0.5, 0.6) is 5.75 Å². The molecule has 0 spiro atoms. The molecule has 7 heteroatoms. The lowest BCUT2D eigenvalue weighted by Crippen LogP contribution is -2.44. The highest BCUT2D eigenvalue weighted by Crippen LogP contribution is 2.19. The second-order valence-corrected chi connectivity index (χ2v) is 6.17. The van der Waals surface area contributed by atoms with E-state index in [1.165, 1.54) is 0 Å². The quantitative estimate of drug-likeness (QED) is 0.363. The van der Waals surface area contributed by atoms with Crippen LogP contribution >= 0.6 is 24.0 Å². The summed E-state index contributed by atoms with van der Waals surface area (Å²) in [5, 5.41) is 6.33. The molecule has 0 unspecified atom stereocenters. The van der Waals surface area contributed by atoms with E-state index >= 15 is 0 Å². The van der Waals surface area contributed by atoms with Crippen LogP contribution in [0, 0.1) is 6.92 Å². The first-order valence-electron chi connectivity index (χ1n) is 9.16. The average Bonchev–Trinajstić information content (AvgIpc) is 3.14. The molecule has 0 bridgehead atoms. The molecule has 146 valence electrons. The molecule has 0 atom stereocenters. The maximum atomic E-state index is 12.1. The van der Waals surface area contributed by atoms with Crippen molar-refractivity contribution in [3.63, 3.8) is 0 Å². The van der Waals surface area contributed by atoms with E-state index in [2.05, 4.69) is 21.7 Å². The largest absolute Gasteiger partial charge is 0.494 e. The molecule has 1 saturated heterocycles. The van der Waals surface area contributed by atoms with Crippen LogP contribution in [0.15, 0.2) is 23.2 Å². The number of hydrogen-bond acceptors (Lipinski definition) is 3. The van der Waals surface area contributed by atoms with E-state index in [4.69, 9.17) is 4.74 Å². The van der Waals surface area contributed by atoms with E-state index in [-0.39, 0.29) is 36.4 Å². The van der Waals surface area contributed by atoms with Crippen molar-refractivity contribution >= 4 is 35.8 Å². The number of benzene rings is 1. The number of aryl methyl sites for hydroxylation is 1. The molecule has 1 aliphatic heterocycles. The minimum absolute atomic E-state index is 0. The molecule has 0 aromatic heterocycles. The van der Waals surface area contributed by atoms with Gasteiger partial charge in [0.1, 0.15) is 5.75 Å². The van der Waals surface area contributed by atoms with Gasteiger partial charge in [-0.05, 0) is 50.8 Å². The normalized spacial score (nSPS) is 14.0. The number of guanidine groups is 1. The summed E-state index contributed by atoms with van der Waals surface area (Å²) in [6.07, 6.45) is 2.22. The number of likely N-dealkylation sites (tertiary alicyclic amines) is 1. The molecule has 1 aliphatic rings. The predicted octanol–water partition coefficient (Wildman–Crippen LogP) is 2.69. The second kappa shape index (κ2) is 12.0. The molecular formula is C19H31IN4O2. The minimum atomic E-state index is 0. The first kappa shape index (κ1) is 22.5. The van der Waals surface area contributed by atoms with Crippen LogP contribution in [0.2, 0.25) is 0 Å². The van der Waals surface area contributed by atoms with Crippen LogP contribution in [0.1, 0.15) is 37.8 Å². The van der Waals surface area contributed by atoms with Crippen molar-refractivity contribution in [3.8, 4) is 5.75 Å². The van der Waals surface area contributed by atoms with Crippen LogP contribution in [-0.4, -0.2) is 49.6 Å². The van der Waals surface area contributed by atoms with Crippen molar-refractivity contribution in [2.24, 2.45) is 4.99 Å². The van der Waals surface area contributed by atoms with E-state index in [0.29, 0.717) is 19.1 Å². The Morgan fingerprint density at radius 3 is 2.58 bits per heavy atom. The zero-order valence-electron chi connectivity index (χ0n) is 16.0. The number of carbonyl (C=O) groups excluding carboxylic acids is 1. The maximum absolute atomic E-state index is 12.1. The van der Waals surface area contributed by atoms with Crippen LogP contribution < -0.4 is 15.4 Å². The highest BCUT2D eigenvalue weighted by molar-refractivity contribution is 14.0. The number of rotatable bonds is 7. The Labute approximate surface area is 173 Å². The highest BCUT2D eigenvalue weighted by atomic mass is 127. The first-order chi connectivity index (χ1) is 12.1. The smallest absolute Gasteiger partial charge is 0.241 e. The van der Waals surface area contributed by atoms with Crippen molar-refractivity contribution < 1.29 is 9.53 Å². The summed E-state index contributed by atoms with van der Waals surface area (Å²) >= 11 is 0. The Bertz CT molecular complexity index is 601. The fourth-order valence-corrected chi connectivity index (χ4v) is 2.88. The van der Waals surface area contributed by atoms with Gasteiger partial charge in [-0.1, -0.05) is 12.1 Å². The topological polar surface area (TPSA) is 66.0 Å². The van der Waals surface area contributed by atoms with Crippen molar-refractivity contribution in [2.45, 2.75) is 40.2 Å². The molecule has 0 saturated carbocycles. The van der Waals surface area contributed by atoms with Gasteiger partial charge in [0.2, 0.25) is 5.91 Å². The number of nitrogens with one attached hydrogen (secondary N) is 2. The molecular weight excluding hydrogens is 443 g/mol. The summed E-state index contributed by atoms with van der Waals surface area (Å²) in [4.78, 5) is 18.6. The lowest BCUT2D eigenvalue weighted by atomic mass is 10.1. The van der Waals surface area contributed by atoms with Crippen molar-refractivity contribution in [1.29, 1.82) is 0 Å². The van der Waals surface area contributed by atoms with Crippen LogP contribution in [0.3, 0.4) is 0 Å². The summed E-state index contributed by atoms with van der Waals surface area (Å²) in [5.41, 5.74) is 2.22. The summed E-state index contributed by atoms with van der Waals surface area (Å²) in [6.45, 7) is 10.0. The number of halogens is 1. The van der Waals surface area contributed by atoms with Crippen molar-refractivity contribution in [2.75, 3.05) is 32.8 Å². The molecule has 1 fully saturated rings. The van der Waals surface area contributed by atoms with E-state index in [9.17, 15) is 4.79 Å². The van der Waals surface area contributed by atoms with Gasteiger partial charge in [-0.2, -0.15) is 0 Å². The molecule has 6 nitrogen and oxygen atoms in total. The summed E-state index contributed by atoms with van der Waals surface area (Å²) < 4.78 is 5.57. The Hall–Kier alpha value is -1.51. The zero-order valence-corrected chi connectivity index (χ0v) is 18.3. The summed E-state index contributed by atoms with van der Waals surface area (Å²) in [6, 6.07) is 6.11. The molecule has 2 N–H and O–H groups in total. The Morgan fingerprint density at radius 1 is 1.23 bits per heavy atom. The molecule has 0 radical (unpaired) electrons. The molecule has 1 heterocycles. The second-order valence-electron chi connectivity index (χ2n) is 6.17. The number of aliphatic imine (C=N–C) groups is 1. The Kier molecular flexibility index (Phi) is 10.4. The summed E-state index contributed by atoms with van der Waals surface area (Å²) in [5.74, 6) is 1.72. The number of hydrogen-bond donors (Lipinski definition) is 2. The van der Waals surface area contributed by atoms with Gasteiger partial charge in [0, 0.05) is 19.6 Å². The fraction of sp³-hybridized carbons (Fsp3) is 0.579. The Balaban J connectivity index is 0.00000338. The zero-order chi connectivity index (χ0) is 18.1. The molecule has 1 aromatic rings. The third-order valence-corrected chi connectivity index (χ3v) is 4.17. The third kappa shape index (κ3) is 7.01. The molecule has 26 heavy (non-hydrogen) atoms. The van der Waals surface area contributed by atoms with Crippen molar-refractivity contribution in [3.05, 3.63) is 29.3 Å². The lowest BCUT2D eigenvalue weighted by Gasteiger charge is -2.17. The van der Waals surface area contributed by atoms with E-state index < -0.39 is 0 Å². The molecule has 1 amide bonds. The first-order valence-corrected chi connectivity index (χ1v) is 9.16. The van der Waals surface area contributed by atoms with E-state index in [0.717, 1.165) is 49.4 Å². The minimum Gasteiger partial charge on any atom is -0.494 e. The monoisotopic (exact) mass is 474 g/mol. The number of ether oxygens (including phenoxy) is 1. The molecule has 2 rings (SSSR count). The maximum Gasteiger partial charge on any atom is 0.241 e. The SMILES string of the molecule is CCNC(=NCc1ccc(OCC)c(C)c1)NCC(=O)N1CCCC1.I. The van der Waals surface area contributed by atoms with Gasteiger partial charge in [0.15, 0.2) is 5.96 Å². The van der Waals surface area contributed by atoms with Gasteiger partial charge < -0.3 is 20.3 Å². The standard InChI is InChI=1S/C19H30N4O2.HI/c1-4-20-19(22-14-18(24)23-10-6-7-11-23)21-13-16-8-9-17(25-5-2)15(3)12-16;/h8-9,12H,4-7,10-11,13-14H2,1-3H3,(H2,20,21,22);1H. The van der Waals surface area contributed by atoms with Crippen LogP contribution in [0.4, 0.5) is 0 Å². The number of nitrogens with zero attached hydrogens (tertiary/aromatic N) is 2. The predicted molar refractivity (Wildman–Crippen MR) is 116 cm³/mol.